The first-order chi connectivity index (χ1) is 7.61. The van der Waals surface area contributed by atoms with Gasteiger partial charge in [0.15, 0.2) is 0 Å². The van der Waals surface area contributed by atoms with Gasteiger partial charge in [0.05, 0.1) is 6.10 Å². The molecule has 1 aromatic carbocycles. The number of nitrogens with two attached hydrogens (primary N) is 1. The van der Waals surface area contributed by atoms with E-state index in [1.807, 2.05) is 26.0 Å². The van der Waals surface area contributed by atoms with Crippen LogP contribution >= 0.6 is 0 Å². The second kappa shape index (κ2) is 5.95. The molecule has 3 heteroatoms. The molecule has 0 aliphatic carbocycles. The molecule has 0 aliphatic heterocycles. The van der Waals surface area contributed by atoms with E-state index < -0.39 is 0 Å². The average molecular weight is 219 g/mol. The van der Waals surface area contributed by atoms with Gasteiger partial charge in [-0.25, -0.2) is 4.79 Å². The van der Waals surface area contributed by atoms with Gasteiger partial charge in [-0.2, -0.15) is 0 Å². The summed E-state index contributed by atoms with van der Waals surface area (Å²) in [6.45, 7) is 3.84. The molecule has 0 aliphatic rings. The molecule has 1 rings (SSSR count). The summed E-state index contributed by atoms with van der Waals surface area (Å²) in [5.74, 6) is -0.314. The highest BCUT2D eigenvalue weighted by Crippen LogP contribution is 2.07. The van der Waals surface area contributed by atoms with Gasteiger partial charge >= 0.3 is 5.97 Å². The monoisotopic (exact) mass is 219 g/mol. The van der Waals surface area contributed by atoms with Crippen LogP contribution in [-0.4, -0.2) is 12.1 Å². The van der Waals surface area contributed by atoms with Crippen molar-refractivity contribution in [2.24, 2.45) is 0 Å². The normalized spacial score (nSPS) is 12.6. The molecule has 0 fully saturated rings. The minimum absolute atomic E-state index is 0.0384. The summed E-state index contributed by atoms with van der Waals surface area (Å²) >= 11 is 0. The summed E-state index contributed by atoms with van der Waals surface area (Å²) in [5, 5.41) is 0. The van der Waals surface area contributed by atoms with Crippen molar-refractivity contribution in [1.29, 1.82) is 0 Å². The zero-order valence-corrected chi connectivity index (χ0v) is 9.64. The van der Waals surface area contributed by atoms with Crippen LogP contribution in [0.3, 0.4) is 0 Å². The number of carbonyl (C=O) groups excluding carboxylic acids is 1. The summed E-state index contributed by atoms with van der Waals surface area (Å²) in [6, 6.07) is 7.28. The van der Waals surface area contributed by atoms with Crippen molar-refractivity contribution < 1.29 is 9.53 Å². The van der Waals surface area contributed by atoms with Crippen molar-refractivity contribution in [3.05, 3.63) is 35.9 Å². The van der Waals surface area contributed by atoms with Crippen LogP contribution in [0.2, 0.25) is 0 Å². The standard InChI is InChI=1S/C13H17NO2/c1-3-10(2)16-13(15)9-6-11-4-7-12(14)8-5-11/h4-10H,3,14H2,1-2H3/b9-6+. The quantitative estimate of drug-likeness (QED) is 0.481. The highest BCUT2D eigenvalue weighted by Gasteiger charge is 2.02. The van der Waals surface area contributed by atoms with E-state index >= 15 is 0 Å². The SMILES string of the molecule is CCC(C)OC(=O)/C=C/c1ccc(N)cc1. The molecular formula is C13H17NO2. The van der Waals surface area contributed by atoms with E-state index in [1.54, 1.807) is 18.2 Å². The first-order valence-corrected chi connectivity index (χ1v) is 5.36. The Labute approximate surface area is 95.9 Å². The Kier molecular flexibility index (Phi) is 4.58. The van der Waals surface area contributed by atoms with E-state index in [0.717, 1.165) is 12.0 Å². The zero-order valence-electron chi connectivity index (χ0n) is 9.64. The summed E-state index contributed by atoms with van der Waals surface area (Å²) in [7, 11) is 0. The van der Waals surface area contributed by atoms with Gasteiger partial charge in [0, 0.05) is 11.8 Å². The van der Waals surface area contributed by atoms with Crippen molar-refractivity contribution in [2.45, 2.75) is 26.4 Å². The van der Waals surface area contributed by atoms with Crippen LogP contribution in [0.1, 0.15) is 25.8 Å². The molecule has 2 N–H and O–H groups in total. The molecule has 0 amide bonds. The second-order valence-electron chi connectivity index (χ2n) is 3.66. The molecule has 1 unspecified atom stereocenters. The molecule has 16 heavy (non-hydrogen) atoms. The third-order valence-electron chi connectivity index (χ3n) is 2.24. The van der Waals surface area contributed by atoms with E-state index in [9.17, 15) is 4.79 Å². The summed E-state index contributed by atoms with van der Waals surface area (Å²) < 4.78 is 5.09. The van der Waals surface area contributed by atoms with Gasteiger partial charge in [0.25, 0.3) is 0 Å². The molecule has 0 heterocycles. The first-order valence-electron chi connectivity index (χ1n) is 5.36. The molecule has 1 aromatic rings. The van der Waals surface area contributed by atoms with Crippen molar-refractivity contribution in [2.75, 3.05) is 5.73 Å². The molecule has 3 nitrogen and oxygen atoms in total. The Bertz CT molecular complexity index is 368. The number of ether oxygens (including phenoxy) is 1. The largest absolute Gasteiger partial charge is 0.460 e. The van der Waals surface area contributed by atoms with Crippen LogP contribution in [-0.2, 0) is 9.53 Å². The van der Waals surface area contributed by atoms with Crippen LogP contribution in [0.5, 0.6) is 0 Å². The summed E-state index contributed by atoms with van der Waals surface area (Å²) in [4.78, 5) is 11.3. The third kappa shape index (κ3) is 4.17. The molecule has 0 bridgehead atoms. The van der Waals surface area contributed by atoms with Crippen LogP contribution < -0.4 is 5.73 Å². The molecule has 1 atom stereocenters. The Morgan fingerprint density at radius 2 is 2.06 bits per heavy atom. The highest BCUT2D eigenvalue weighted by atomic mass is 16.5. The molecular weight excluding hydrogens is 202 g/mol. The number of esters is 1. The number of rotatable bonds is 4. The minimum atomic E-state index is -0.314. The van der Waals surface area contributed by atoms with Crippen LogP contribution in [0.4, 0.5) is 5.69 Å². The third-order valence-corrected chi connectivity index (χ3v) is 2.24. The van der Waals surface area contributed by atoms with Crippen LogP contribution in [0.15, 0.2) is 30.3 Å². The van der Waals surface area contributed by atoms with E-state index in [2.05, 4.69) is 0 Å². The van der Waals surface area contributed by atoms with Crippen molar-refractivity contribution >= 4 is 17.7 Å². The minimum Gasteiger partial charge on any atom is -0.460 e. The topological polar surface area (TPSA) is 52.3 Å². The number of hydrogen-bond donors (Lipinski definition) is 1. The predicted molar refractivity (Wildman–Crippen MR) is 65.7 cm³/mol. The lowest BCUT2D eigenvalue weighted by Crippen LogP contribution is -2.11. The van der Waals surface area contributed by atoms with Gasteiger partial charge in [-0.3, -0.25) is 0 Å². The van der Waals surface area contributed by atoms with Gasteiger partial charge in [-0.05, 0) is 37.1 Å². The van der Waals surface area contributed by atoms with Crippen LogP contribution in [0, 0.1) is 0 Å². The zero-order chi connectivity index (χ0) is 12.0. The lowest BCUT2D eigenvalue weighted by Gasteiger charge is -2.07. The smallest absolute Gasteiger partial charge is 0.331 e. The lowest BCUT2D eigenvalue weighted by molar-refractivity contribution is -0.142. The number of benzene rings is 1. The van der Waals surface area contributed by atoms with Crippen LogP contribution in [0.25, 0.3) is 6.08 Å². The van der Waals surface area contributed by atoms with E-state index in [0.29, 0.717) is 5.69 Å². The fourth-order valence-electron chi connectivity index (χ4n) is 1.09. The maximum atomic E-state index is 11.3. The van der Waals surface area contributed by atoms with E-state index in [-0.39, 0.29) is 12.1 Å². The van der Waals surface area contributed by atoms with Gasteiger partial charge in [0.1, 0.15) is 0 Å². The maximum absolute atomic E-state index is 11.3. The van der Waals surface area contributed by atoms with Crippen molar-refractivity contribution in [3.8, 4) is 0 Å². The number of hydrogen-bond acceptors (Lipinski definition) is 3. The average Bonchev–Trinajstić information content (AvgIpc) is 2.28. The van der Waals surface area contributed by atoms with Gasteiger partial charge in [-0.15, -0.1) is 0 Å². The fraction of sp³-hybridized carbons (Fsp3) is 0.308. The lowest BCUT2D eigenvalue weighted by atomic mass is 10.2. The summed E-state index contributed by atoms with van der Waals surface area (Å²) in [5.41, 5.74) is 7.18. The van der Waals surface area contributed by atoms with E-state index in [1.165, 1.54) is 6.08 Å². The van der Waals surface area contributed by atoms with Crippen molar-refractivity contribution in [3.63, 3.8) is 0 Å². The van der Waals surface area contributed by atoms with Gasteiger partial charge in [0.2, 0.25) is 0 Å². The highest BCUT2D eigenvalue weighted by molar-refractivity contribution is 5.87. The Morgan fingerprint density at radius 3 is 2.62 bits per heavy atom. The number of carbonyl (C=O) groups is 1. The Hall–Kier alpha value is -1.77. The van der Waals surface area contributed by atoms with Crippen molar-refractivity contribution in [1.82, 2.24) is 0 Å². The maximum Gasteiger partial charge on any atom is 0.331 e. The molecule has 0 saturated heterocycles. The predicted octanol–water partition coefficient (Wildman–Crippen LogP) is 2.62. The number of anilines is 1. The molecule has 0 spiro atoms. The Morgan fingerprint density at radius 1 is 1.44 bits per heavy atom. The number of nitrogen functional groups attached to an aromatic ring is 1. The molecule has 86 valence electrons. The molecule has 0 aromatic heterocycles. The molecule has 0 radical (unpaired) electrons. The second-order valence-corrected chi connectivity index (χ2v) is 3.66. The van der Waals surface area contributed by atoms with Gasteiger partial charge < -0.3 is 10.5 Å². The molecule has 0 saturated carbocycles. The summed E-state index contributed by atoms with van der Waals surface area (Å²) in [6.07, 6.45) is 3.92. The first kappa shape index (κ1) is 12.3. The van der Waals surface area contributed by atoms with Gasteiger partial charge in [-0.1, -0.05) is 19.1 Å². The Balaban J connectivity index is 2.53. The van der Waals surface area contributed by atoms with E-state index in [4.69, 9.17) is 10.5 Å². The fourth-order valence-corrected chi connectivity index (χ4v) is 1.09.